The molecule has 0 unspecified atom stereocenters. The summed E-state index contributed by atoms with van der Waals surface area (Å²) >= 11 is 6.32. The Kier molecular flexibility index (Phi) is 3.76. The summed E-state index contributed by atoms with van der Waals surface area (Å²) in [6, 6.07) is 7.81. The van der Waals surface area contributed by atoms with E-state index >= 15 is 0 Å². The molecule has 1 fully saturated rings. The number of aliphatic hydroxyl groups is 1. The first-order valence-electron chi connectivity index (χ1n) is 7.06. The fourth-order valence-corrected chi connectivity index (χ4v) is 3.04. The minimum absolute atomic E-state index is 0.529. The summed E-state index contributed by atoms with van der Waals surface area (Å²) in [7, 11) is 0. The minimum atomic E-state index is -0.837. The van der Waals surface area contributed by atoms with Crippen molar-refractivity contribution in [3.05, 3.63) is 35.4 Å². The number of para-hydroxylation sites is 1. The molecule has 106 valence electrons. The van der Waals surface area contributed by atoms with Crippen molar-refractivity contribution in [3.63, 3.8) is 0 Å². The molecular weight excluding hydrogens is 274 g/mol. The van der Waals surface area contributed by atoms with Gasteiger partial charge in [-0.05, 0) is 31.1 Å². The molecule has 1 N–H and O–H groups in total. The second kappa shape index (κ2) is 5.54. The number of allylic oxidation sites excluding steroid dienone is 1. The number of benzene rings is 1. The lowest BCUT2D eigenvalue weighted by Crippen LogP contribution is -2.31. The molecule has 0 amide bonds. The monoisotopic (exact) mass is 291 g/mol. The first kappa shape index (κ1) is 13.6. The molecule has 1 aliphatic carbocycles. The molecule has 5 heteroatoms. The van der Waals surface area contributed by atoms with Crippen LogP contribution in [0.15, 0.2) is 35.4 Å². The van der Waals surface area contributed by atoms with E-state index in [0.717, 1.165) is 36.7 Å². The quantitative estimate of drug-likeness (QED) is 0.944. The molecule has 1 aromatic heterocycles. The van der Waals surface area contributed by atoms with E-state index in [0.29, 0.717) is 11.6 Å². The van der Waals surface area contributed by atoms with Crippen molar-refractivity contribution in [1.82, 2.24) is 15.0 Å². The average molecular weight is 292 g/mol. The molecule has 1 aromatic carbocycles. The Morgan fingerprint density at radius 3 is 2.85 bits per heavy atom. The number of nitrogens with zero attached hydrogens (tertiary/aromatic N) is 3. The summed E-state index contributed by atoms with van der Waals surface area (Å²) in [6.45, 7) is 0.529. The highest BCUT2D eigenvalue weighted by atomic mass is 35.5. The van der Waals surface area contributed by atoms with E-state index < -0.39 is 5.60 Å². The third kappa shape index (κ3) is 2.58. The van der Waals surface area contributed by atoms with Gasteiger partial charge in [0.05, 0.1) is 17.7 Å². The number of fused-ring (bicyclic) bond motifs is 1. The van der Waals surface area contributed by atoms with Crippen LogP contribution < -0.4 is 0 Å². The Balaban J connectivity index is 1.79. The highest BCUT2D eigenvalue weighted by Crippen LogP contribution is 2.36. The van der Waals surface area contributed by atoms with E-state index in [1.165, 1.54) is 6.42 Å². The zero-order valence-electron chi connectivity index (χ0n) is 11.3. The number of hydrogen-bond donors (Lipinski definition) is 1. The van der Waals surface area contributed by atoms with Crippen LogP contribution in [0.2, 0.25) is 0 Å². The SMILES string of the molecule is OC1(/C(Cl)=C/Cn2nnc3ccccc32)CCCCC1. The third-order valence-electron chi connectivity index (χ3n) is 3.99. The Bertz CT molecular complexity index is 629. The van der Waals surface area contributed by atoms with Gasteiger partial charge in [0.2, 0.25) is 0 Å². The van der Waals surface area contributed by atoms with E-state index in [1.54, 1.807) is 4.68 Å². The molecule has 0 spiro atoms. The van der Waals surface area contributed by atoms with Gasteiger partial charge in [0.25, 0.3) is 0 Å². The molecule has 0 atom stereocenters. The molecule has 0 aliphatic heterocycles. The second-order valence-corrected chi connectivity index (χ2v) is 5.81. The Labute approximate surface area is 123 Å². The van der Waals surface area contributed by atoms with Crippen molar-refractivity contribution < 1.29 is 5.11 Å². The summed E-state index contributed by atoms with van der Waals surface area (Å²) in [5, 5.41) is 19.3. The minimum Gasteiger partial charge on any atom is -0.384 e. The van der Waals surface area contributed by atoms with Crippen LogP contribution in [0, 0.1) is 0 Å². The Hall–Kier alpha value is -1.39. The zero-order valence-corrected chi connectivity index (χ0v) is 12.1. The molecule has 4 nitrogen and oxygen atoms in total. The van der Waals surface area contributed by atoms with Gasteiger partial charge in [-0.2, -0.15) is 0 Å². The van der Waals surface area contributed by atoms with E-state index in [2.05, 4.69) is 10.3 Å². The highest BCUT2D eigenvalue weighted by Gasteiger charge is 2.32. The van der Waals surface area contributed by atoms with Gasteiger partial charge in [-0.3, -0.25) is 0 Å². The van der Waals surface area contributed by atoms with Crippen LogP contribution in [0.3, 0.4) is 0 Å². The van der Waals surface area contributed by atoms with Crippen molar-refractivity contribution in [2.75, 3.05) is 0 Å². The molecule has 2 aromatic rings. The zero-order chi connectivity index (χ0) is 14.0. The maximum absolute atomic E-state index is 10.5. The van der Waals surface area contributed by atoms with E-state index in [4.69, 9.17) is 11.6 Å². The van der Waals surface area contributed by atoms with Gasteiger partial charge in [-0.1, -0.05) is 48.2 Å². The van der Waals surface area contributed by atoms with Gasteiger partial charge < -0.3 is 5.11 Å². The number of hydrogen-bond acceptors (Lipinski definition) is 3. The molecular formula is C15H18ClN3O. The van der Waals surface area contributed by atoms with Crippen molar-refractivity contribution in [2.24, 2.45) is 0 Å². The second-order valence-electron chi connectivity index (χ2n) is 5.40. The van der Waals surface area contributed by atoms with Crippen molar-refractivity contribution in [3.8, 4) is 0 Å². The Morgan fingerprint density at radius 2 is 2.05 bits per heavy atom. The molecule has 20 heavy (non-hydrogen) atoms. The van der Waals surface area contributed by atoms with Crippen LogP contribution in [-0.4, -0.2) is 25.7 Å². The topological polar surface area (TPSA) is 50.9 Å². The standard InChI is InChI=1S/C15H18ClN3O/c16-14(15(20)9-4-1-5-10-15)8-11-19-13-7-3-2-6-12(13)17-18-19/h2-3,6-8,20H,1,4-5,9-11H2/b14-8-. The molecule has 0 saturated heterocycles. The van der Waals surface area contributed by atoms with Gasteiger partial charge in [-0.15, -0.1) is 5.10 Å². The van der Waals surface area contributed by atoms with Gasteiger partial charge in [0.1, 0.15) is 5.52 Å². The molecule has 1 aliphatic rings. The van der Waals surface area contributed by atoms with Crippen LogP contribution in [0.5, 0.6) is 0 Å². The first-order chi connectivity index (χ1) is 9.69. The maximum Gasteiger partial charge on any atom is 0.113 e. The Morgan fingerprint density at radius 1 is 1.30 bits per heavy atom. The van der Waals surface area contributed by atoms with E-state index in [9.17, 15) is 5.11 Å². The van der Waals surface area contributed by atoms with Gasteiger partial charge in [-0.25, -0.2) is 4.68 Å². The van der Waals surface area contributed by atoms with Crippen molar-refractivity contribution >= 4 is 22.6 Å². The normalized spacial score (nSPS) is 19.4. The summed E-state index contributed by atoms with van der Waals surface area (Å²) in [5.74, 6) is 0. The lowest BCUT2D eigenvalue weighted by Gasteiger charge is -2.31. The lowest BCUT2D eigenvalue weighted by molar-refractivity contribution is 0.0464. The third-order valence-corrected chi connectivity index (χ3v) is 4.50. The number of rotatable bonds is 3. The average Bonchev–Trinajstić information content (AvgIpc) is 2.89. The molecule has 3 rings (SSSR count). The predicted molar refractivity (Wildman–Crippen MR) is 79.5 cm³/mol. The summed E-state index contributed by atoms with van der Waals surface area (Å²) in [4.78, 5) is 0. The summed E-state index contributed by atoms with van der Waals surface area (Å²) < 4.78 is 1.80. The van der Waals surface area contributed by atoms with Crippen LogP contribution in [0.25, 0.3) is 11.0 Å². The van der Waals surface area contributed by atoms with Gasteiger partial charge >= 0.3 is 0 Å². The molecule has 1 saturated carbocycles. The number of aromatic nitrogens is 3. The lowest BCUT2D eigenvalue weighted by atomic mass is 9.84. The van der Waals surface area contributed by atoms with Crippen molar-refractivity contribution in [2.45, 2.75) is 44.2 Å². The summed E-state index contributed by atoms with van der Waals surface area (Å²) in [5.41, 5.74) is 1.01. The van der Waals surface area contributed by atoms with Crippen LogP contribution in [-0.2, 0) is 6.54 Å². The maximum atomic E-state index is 10.5. The predicted octanol–water partition coefficient (Wildman–Crippen LogP) is 3.25. The number of halogens is 1. The smallest absolute Gasteiger partial charge is 0.113 e. The fourth-order valence-electron chi connectivity index (χ4n) is 2.78. The van der Waals surface area contributed by atoms with Crippen LogP contribution in [0.1, 0.15) is 32.1 Å². The van der Waals surface area contributed by atoms with Crippen molar-refractivity contribution in [1.29, 1.82) is 0 Å². The molecule has 1 heterocycles. The van der Waals surface area contributed by atoms with E-state index in [1.807, 2.05) is 30.3 Å². The largest absolute Gasteiger partial charge is 0.384 e. The highest BCUT2D eigenvalue weighted by molar-refractivity contribution is 6.30. The van der Waals surface area contributed by atoms with Crippen LogP contribution in [0.4, 0.5) is 0 Å². The van der Waals surface area contributed by atoms with E-state index in [-0.39, 0.29) is 0 Å². The first-order valence-corrected chi connectivity index (χ1v) is 7.44. The molecule has 0 bridgehead atoms. The van der Waals surface area contributed by atoms with Crippen LogP contribution >= 0.6 is 11.6 Å². The fraction of sp³-hybridized carbons (Fsp3) is 0.467. The molecule has 0 radical (unpaired) electrons. The van der Waals surface area contributed by atoms with Gasteiger partial charge in [0.15, 0.2) is 0 Å². The van der Waals surface area contributed by atoms with Gasteiger partial charge in [0, 0.05) is 5.03 Å². The summed E-state index contributed by atoms with van der Waals surface area (Å²) in [6.07, 6.45) is 6.61.